The van der Waals surface area contributed by atoms with E-state index in [1.807, 2.05) is 38.8 Å². The van der Waals surface area contributed by atoms with E-state index >= 15 is 0 Å². The molecule has 32 heavy (non-hydrogen) atoms. The molecular weight excluding hydrogens is 394 g/mol. The average molecular weight is 420 g/mol. The molecule has 0 spiro atoms. The molecule has 0 aliphatic heterocycles. The maximum absolute atomic E-state index is 4.62. The molecule has 5 rings (SSSR count). The molecule has 0 atom stereocenters. The molecule has 0 bridgehead atoms. The summed E-state index contributed by atoms with van der Waals surface area (Å²) < 4.78 is 2.11. The highest BCUT2D eigenvalue weighted by molar-refractivity contribution is 5.89. The second-order valence-electron chi connectivity index (χ2n) is 8.29. The van der Waals surface area contributed by atoms with Crippen LogP contribution in [0.4, 0.5) is 11.5 Å². The van der Waals surface area contributed by atoms with Crippen molar-refractivity contribution in [2.75, 3.05) is 5.32 Å². The van der Waals surface area contributed by atoms with Crippen molar-refractivity contribution in [3.05, 3.63) is 90.3 Å². The minimum absolute atomic E-state index is 0.823. The summed E-state index contributed by atoms with van der Waals surface area (Å²) in [7, 11) is 2.04. The Hall–Kier alpha value is -3.99. The van der Waals surface area contributed by atoms with Gasteiger partial charge in [-0.25, -0.2) is 9.97 Å². The highest BCUT2D eigenvalue weighted by atomic mass is 15.0. The molecule has 2 aromatic carbocycles. The van der Waals surface area contributed by atoms with Gasteiger partial charge in [0.25, 0.3) is 0 Å². The largest absolute Gasteiger partial charge is 0.340 e. The van der Waals surface area contributed by atoms with E-state index in [4.69, 9.17) is 0 Å². The van der Waals surface area contributed by atoms with E-state index < -0.39 is 0 Å². The van der Waals surface area contributed by atoms with E-state index in [9.17, 15) is 0 Å². The van der Waals surface area contributed by atoms with E-state index in [2.05, 4.69) is 87.2 Å². The van der Waals surface area contributed by atoms with Crippen LogP contribution in [0.25, 0.3) is 33.2 Å². The zero-order chi connectivity index (χ0) is 22.2. The Balaban J connectivity index is 1.45. The molecule has 5 aromatic rings. The van der Waals surface area contributed by atoms with Gasteiger partial charge in [0.1, 0.15) is 11.6 Å². The second-order valence-corrected chi connectivity index (χ2v) is 8.29. The van der Waals surface area contributed by atoms with Crippen molar-refractivity contribution < 1.29 is 0 Å². The molecule has 0 radical (unpaired) electrons. The van der Waals surface area contributed by atoms with Gasteiger partial charge in [-0.15, -0.1) is 0 Å². The lowest BCUT2D eigenvalue weighted by molar-refractivity contribution is 0.865. The first kappa shape index (κ1) is 19.9. The highest BCUT2D eigenvalue weighted by Gasteiger charge is 2.09. The van der Waals surface area contributed by atoms with Crippen LogP contribution >= 0.6 is 0 Å². The molecule has 5 heteroatoms. The van der Waals surface area contributed by atoms with Crippen molar-refractivity contribution in [2.24, 2.45) is 7.05 Å². The fourth-order valence-electron chi connectivity index (χ4n) is 3.97. The van der Waals surface area contributed by atoms with Crippen LogP contribution in [0, 0.1) is 20.8 Å². The minimum Gasteiger partial charge on any atom is -0.340 e. The summed E-state index contributed by atoms with van der Waals surface area (Å²) in [6.07, 6.45) is 7.62. The molecule has 0 aliphatic carbocycles. The zero-order valence-electron chi connectivity index (χ0n) is 18.7. The number of nitrogens with one attached hydrogen (secondary N) is 1. The van der Waals surface area contributed by atoms with Crippen LogP contribution in [-0.4, -0.2) is 19.5 Å². The number of hydrogen-bond acceptors (Lipinski definition) is 4. The summed E-state index contributed by atoms with van der Waals surface area (Å²) in [6.45, 7) is 6.18. The van der Waals surface area contributed by atoms with Crippen LogP contribution in [0.2, 0.25) is 0 Å². The highest BCUT2D eigenvalue weighted by Crippen LogP contribution is 2.29. The summed E-state index contributed by atoms with van der Waals surface area (Å²) in [5, 5.41) is 5.74. The molecule has 158 valence electrons. The van der Waals surface area contributed by atoms with Gasteiger partial charge in [-0.3, -0.25) is 4.98 Å². The van der Waals surface area contributed by atoms with E-state index in [-0.39, 0.29) is 0 Å². The number of hydrogen-bond donors (Lipinski definition) is 1. The number of rotatable bonds is 4. The van der Waals surface area contributed by atoms with Crippen molar-refractivity contribution >= 4 is 22.3 Å². The van der Waals surface area contributed by atoms with Gasteiger partial charge < -0.3 is 9.88 Å². The van der Waals surface area contributed by atoms with Gasteiger partial charge in [0.05, 0.1) is 11.9 Å². The Morgan fingerprint density at radius 2 is 1.56 bits per heavy atom. The third-order valence-electron chi connectivity index (χ3n) is 5.94. The predicted octanol–water partition coefficient (Wildman–Crippen LogP) is 6.37. The van der Waals surface area contributed by atoms with E-state index in [0.717, 1.165) is 61.6 Å². The first-order valence-electron chi connectivity index (χ1n) is 10.7. The van der Waals surface area contributed by atoms with Gasteiger partial charge in [-0.1, -0.05) is 18.2 Å². The summed E-state index contributed by atoms with van der Waals surface area (Å²) in [5.41, 5.74) is 7.88. The predicted molar refractivity (Wildman–Crippen MR) is 131 cm³/mol. The molecular formula is C27H25N5. The lowest BCUT2D eigenvalue weighted by atomic mass is 10.0. The molecule has 0 amide bonds. The molecule has 0 saturated heterocycles. The Morgan fingerprint density at radius 3 is 2.31 bits per heavy atom. The number of fused-ring (bicyclic) bond motifs is 1. The van der Waals surface area contributed by atoms with Gasteiger partial charge in [0, 0.05) is 47.8 Å². The van der Waals surface area contributed by atoms with Crippen LogP contribution in [0.1, 0.15) is 17.0 Å². The summed E-state index contributed by atoms with van der Waals surface area (Å²) >= 11 is 0. The van der Waals surface area contributed by atoms with Crippen molar-refractivity contribution in [2.45, 2.75) is 20.8 Å². The lowest BCUT2D eigenvalue weighted by Crippen LogP contribution is -1.98. The van der Waals surface area contributed by atoms with Gasteiger partial charge in [-0.2, -0.15) is 0 Å². The number of anilines is 2. The quantitative estimate of drug-likeness (QED) is 0.368. The van der Waals surface area contributed by atoms with Crippen molar-refractivity contribution in [1.29, 1.82) is 0 Å². The first-order chi connectivity index (χ1) is 15.5. The van der Waals surface area contributed by atoms with Gasteiger partial charge in [0.15, 0.2) is 0 Å². The van der Waals surface area contributed by atoms with E-state index in [1.165, 1.54) is 0 Å². The molecule has 0 fully saturated rings. The summed E-state index contributed by atoms with van der Waals surface area (Å²) in [5.74, 6) is 1.82. The third-order valence-corrected chi connectivity index (χ3v) is 5.94. The third kappa shape index (κ3) is 3.73. The molecule has 1 N–H and O–H groups in total. The maximum atomic E-state index is 4.62. The number of pyridine rings is 2. The first-order valence-corrected chi connectivity index (χ1v) is 10.7. The van der Waals surface area contributed by atoms with Crippen LogP contribution in [-0.2, 0) is 7.05 Å². The normalized spacial score (nSPS) is 11.1. The fraction of sp³-hybridized carbons (Fsp3) is 0.148. The van der Waals surface area contributed by atoms with Gasteiger partial charge in [0.2, 0.25) is 0 Å². The smallest absolute Gasteiger partial charge is 0.130 e. The molecule has 0 unspecified atom stereocenters. The summed E-state index contributed by atoms with van der Waals surface area (Å²) in [4.78, 5) is 13.4. The monoisotopic (exact) mass is 419 g/mol. The topological polar surface area (TPSA) is 55.6 Å². The number of imidazole rings is 1. The average Bonchev–Trinajstić information content (AvgIpc) is 3.13. The number of benzene rings is 2. The Labute approximate surface area is 187 Å². The fourth-order valence-corrected chi connectivity index (χ4v) is 3.97. The maximum Gasteiger partial charge on any atom is 0.130 e. The summed E-state index contributed by atoms with van der Waals surface area (Å²) in [6, 6.07) is 17.1. The van der Waals surface area contributed by atoms with E-state index in [0.29, 0.717) is 0 Å². The van der Waals surface area contributed by atoms with E-state index in [1.54, 1.807) is 0 Å². The van der Waals surface area contributed by atoms with Crippen molar-refractivity contribution in [1.82, 2.24) is 19.5 Å². The SMILES string of the molecule is Cc1cncc(-c2ccc3cnc(Nc4ccc(-c5cnc(C)n5C)cc4C)cc3c2)c1. The molecule has 5 nitrogen and oxygen atoms in total. The van der Waals surface area contributed by atoms with Crippen LogP contribution in [0.5, 0.6) is 0 Å². The number of nitrogens with zero attached hydrogens (tertiary/aromatic N) is 4. The van der Waals surface area contributed by atoms with Gasteiger partial charge in [-0.05, 0) is 73.2 Å². The molecule has 0 saturated carbocycles. The Bertz CT molecular complexity index is 1450. The number of aryl methyl sites for hydroxylation is 3. The minimum atomic E-state index is 0.823. The van der Waals surface area contributed by atoms with Crippen molar-refractivity contribution in [3.63, 3.8) is 0 Å². The molecule has 0 aliphatic rings. The molecule has 3 heterocycles. The lowest BCUT2D eigenvalue weighted by Gasteiger charge is -2.12. The van der Waals surface area contributed by atoms with Gasteiger partial charge >= 0.3 is 0 Å². The molecule has 3 aromatic heterocycles. The Kier molecular flexibility index (Phi) is 4.94. The van der Waals surface area contributed by atoms with Crippen LogP contribution in [0.3, 0.4) is 0 Å². The van der Waals surface area contributed by atoms with Crippen LogP contribution < -0.4 is 5.32 Å². The zero-order valence-corrected chi connectivity index (χ0v) is 18.7. The van der Waals surface area contributed by atoms with Crippen molar-refractivity contribution in [3.8, 4) is 22.4 Å². The number of aromatic nitrogens is 4. The van der Waals surface area contributed by atoms with Crippen LogP contribution in [0.15, 0.2) is 73.3 Å². The second kappa shape index (κ2) is 7.93. The Morgan fingerprint density at radius 1 is 0.719 bits per heavy atom. The standard InChI is InChI=1S/C27H25N5/c1-17-9-24(14-28-13-17)20-5-6-22-15-30-27(12-23(22)11-20)31-25-8-7-21(10-18(25)2)26-16-29-19(3)32(26)4/h5-16H,1-4H3,(H,30,31).